The molecule has 0 radical (unpaired) electrons. The quantitative estimate of drug-likeness (QED) is 0.900. The average Bonchev–Trinajstić information content (AvgIpc) is 3.02. The molecule has 1 fully saturated rings. The van der Waals surface area contributed by atoms with E-state index in [1.54, 1.807) is 30.6 Å². The van der Waals surface area contributed by atoms with Crippen molar-refractivity contribution in [3.8, 4) is 5.75 Å². The number of nitrogens with two attached hydrogens (primary N) is 1. The number of ether oxygens (including phenoxy) is 1. The molecule has 1 amide bonds. The predicted octanol–water partition coefficient (Wildman–Crippen LogP) is 1.60. The van der Waals surface area contributed by atoms with E-state index in [-0.39, 0.29) is 12.3 Å². The summed E-state index contributed by atoms with van der Waals surface area (Å²) in [5.74, 6) is -0.746. The minimum atomic E-state index is -1.07. The van der Waals surface area contributed by atoms with E-state index in [1.807, 2.05) is 4.90 Å². The summed E-state index contributed by atoms with van der Waals surface area (Å²) < 4.78 is 19.5. The van der Waals surface area contributed by atoms with E-state index in [4.69, 9.17) is 10.5 Å². The summed E-state index contributed by atoms with van der Waals surface area (Å²) in [6, 6.07) is 4.97. The van der Waals surface area contributed by atoms with Gasteiger partial charge in [0.25, 0.3) is 0 Å². The number of aromatic nitrogens is 2. The van der Waals surface area contributed by atoms with Gasteiger partial charge in [0.1, 0.15) is 5.54 Å². The number of hydrogen-bond acceptors (Lipinski definition) is 5. The van der Waals surface area contributed by atoms with E-state index >= 15 is 0 Å². The van der Waals surface area contributed by atoms with Crippen molar-refractivity contribution in [3.05, 3.63) is 53.9 Å². The van der Waals surface area contributed by atoms with Gasteiger partial charge < -0.3 is 10.5 Å². The van der Waals surface area contributed by atoms with E-state index in [9.17, 15) is 9.18 Å². The highest BCUT2D eigenvalue weighted by molar-refractivity contribution is 5.86. The molecule has 2 heterocycles. The largest absolute Gasteiger partial charge is 0.494 e. The van der Waals surface area contributed by atoms with Crippen LogP contribution in [0.3, 0.4) is 0 Å². The van der Waals surface area contributed by atoms with E-state index in [0.717, 1.165) is 6.42 Å². The van der Waals surface area contributed by atoms with Crippen LogP contribution in [-0.2, 0) is 16.9 Å². The normalized spacial score (nSPS) is 20.9. The molecule has 1 aromatic heterocycles. The minimum absolute atomic E-state index is 0.177. The SMILES string of the molecule is COc1cccc(CN2CCC[C@]2(C(N)=O)c2cnccn2)c1F. The fourth-order valence-corrected chi connectivity index (χ4v) is 3.34. The Morgan fingerprint density at radius 1 is 1.46 bits per heavy atom. The summed E-state index contributed by atoms with van der Waals surface area (Å²) in [4.78, 5) is 22.5. The number of amides is 1. The first-order valence-corrected chi connectivity index (χ1v) is 7.72. The van der Waals surface area contributed by atoms with Crippen LogP contribution in [-0.4, -0.2) is 34.4 Å². The molecule has 0 spiro atoms. The molecular weight excluding hydrogens is 311 g/mol. The van der Waals surface area contributed by atoms with Crippen LogP contribution < -0.4 is 10.5 Å². The topological polar surface area (TPSA) is 81.3 Å². The van der Waals surface area contributed by atoms with E-state index in [1.165, 1.54) is 13.3 Å². The van der Waals surface area contributed by atoms with Crippen molar-refractivity contribution < 1.29 is 13.9 Å². The molecule has 1 aromatic carbocycles. The molecule has 3 rings (SSSR count). The first-order chi connectivity index (χ1) is 11.6. The molecule has 0 unspecified atom stereocenters. The first-order valence-electron chi connectivity index (χ1n) is 7.72. The summed E-state index contributed by atoms with van der Waals surface area (Å²) in [5, 5.41) is 0. The molecule has 126 valence electrons. The molecule has 24 heavy (non-hydrogen) atoms. The fourth-order valence-electron chi connectivity index (χ4n) is 3.34. The van der Waals surface area contributed by atoms with E-state index in [0.29, 0.717) is 24.2 Å². The monoisotopic (exact) mass is 330 g/mol. The maximum absolute atomic E-state index is 14.5. The standard InChI is InChI=1S/C17H19FN4O2/c1-24-13-5-2-4-12(15(13)18)11-22-9-3-6-17(22,16(19)23)14-10-20-7-8-21-14/h2,4-5,7-8,10H,3,6,9,11H2,1H3,(H2,19,23)/t17-/m1/s1. The van der Waals surface area contributed by atoms with Crippen molar-refractivity contribution in [3.63, 3.8) is 0 Å². The van der Waals surface area contributed by atoms with Crippen molar-refractivity contribution in [1.82, 2.24) is 14.9 Å². The van der Waals surface area contributed by atoms with Crippen LogP contribution in [0.2, 0.25) is 0 Å². The number of halogens is 1. The Morgan fingerprint density at radius 3 is 2.96 bits per heavy atom. The van der Waals surface area contributed by atoms with Gasteiger partial charge in [-0.2, -0.15) is 0 Å². The van der Waals surface area contributed by atoms with Gasteiger partial charge in [-0.3, -0.25) is 19.7 Å². The third-order valence-corrected chi connectivity index (χ3v) is 4.53. The third kappa shape index (κ3) is 2.60. The molecule has 2 N–H and O–H groups in total. The summed E-state index contributed by atoms with van der Waals surface area (Å²) in [5.41, 5.74) is 5.62. The molecule has 7 heteroatoms. The molecule has 1 aliphatic heterocycles. The minimum Gasteiger partial charge on any atom is -0.494 e. The number of methoxy groups -OCH3 is 1. The van der Waals surface area contributed by atoms with Gasteiger partial charge in [-0.1, -0.05) is 12.1 Å². The second kappa shape index (κ2) is 6.52. The number of rotatable bonds is 5. The third-order valence-electron chi connectivity index (χ3n) is 4.53. The van der Waals surface area contributed by atoms with E-state index in [2.05, 4.69) is 9.97 Å². The summed E-state index contributed by atoms with van der Waals surface area (Å²) >= 11 is 0. The first kappa shape index (κ1) is 16.3. The fraction of sp³-hybridized carbons (Fsp3) is 0.353. The molecule has 6 nitrogen and oxygen atoms in total. The highest BCUT2D eigenvalue weighted by atomic mass is 19.1. The maximum atomic E-state index is 14.5. The van der Waals surface area contributed by atoms with Gasteiger partial charge in [-0.05, 0) is 25.5 Å². The lowest BCUT2D eigenvalue weighted by Crippen LogP contribution is -2.51. The van der Waals surface area contributed by atoms with Gasteiger partial charge in [0.15, 0.2) is 11.6 Å². The summed E-state index contributed by atoms with van der Waals surface area (Å²) in [6.45, 7) is 0.860. The Labute approximate surface area is 139 Å². The highest BCUT2D eigenvalue weighted by Gasteiger charge is 2.49. The number of benzene rings is 1. The molecule has 1 aliphatic rings. The van der Waals surface area contributed by atoms with E-state index < -0.39 is 17.3 Å². The van der Waals surface area contributed by atoms with Crippen molar-refractivity contribution in [2.75, 3.05) is 13.7 Å². The van der Waals surface area contributed by atoms with Gasteiger partial charge in [0.2, 0.25) is 5.91 Å². The lowest BCUT2D eigenvalue weighted by molar-refractivity contribution is -0.129. The number of likely N-dealkylation sites (tertiary alicyclic amines) is 1. The van der Waals surface area contributed by atoms with Gasteiger partial charge in [0.05, 0.1) is 19.0 Å². The zero-order valence-corrected chi connectivity index (χ0v) is 13.4. The van der Waals surface area contributed by atoms with Crippen LogP contribution in [0.1, 0.15) is 24.1 Å². The predicted molar refractivity (Wildman–Crippen MR) is 85.5 cm³/mol. The van der Waals surface area contributed by atoms with Crippen LogP contribution in [0.5, 0.6) is 5.75 Å². The smallest absolute Gasteiger partial charge is 0.244 e. The number of nitrogens with zero attached hydrogens (tertiary/aromatic N) is 3. The van der Waals surface area contributed by atoms with Crippen LogP contribution in [0, 0.1) is 5.82 Å². The van der Waals surface area contributed by atoms with Crippen LogP contribution in [0.25, 0.3) is 0 Å². The maximum Gasteiger partial charge on any atom is 0.244 e. The second-order valence-corrected chi connectivity index (χ2v) is 5.77. The van der Waals surface area contributed by atoms with Crippen LogP contribution >= 0.6 is 0 Å². The Kier molecular flexibility index (Phi) is 4.44. The van der Waals surface area contributed by atoms with Crippen molar-refractivity contribution in [2.45, 2.75) is 24.9 Å². The number of primary amides is 1. The van der Waals surface area contributed by atoms with Crippen LogP contribution in [0.4, 0.5) is 4.39 Å². The van der Waals surface area contributed by atoms with Gasteiger partial charge >= 0.3 is 0 Å². The Balaban J connectivity index is 1.99. The molecule has 0 saturated carbocycles. The number of carbonyl (C=O) groups excluding carboxylic acids is 1. The molecule has 2 aromatic rings. The Bertz CT molecular complexity index is 741. The summed E-state index contributed by atoms with van der Waals surface area (Å²) in [6.07, 6.45) is 5.92. The van der Waals surface area contributed by atoms with Crippen molar-refractivity contribution >= 4 is 5.91 Å². The van der Waals surface area contributed by atoms with Crippen molar-refractivity contribution in [1.29, 1.82) is 0 Å². The zero-order valence-electron chi connectivity index (χ0n) is 13.4. The lowest BCUT2D eigenvalue weighted by atomic mass is 9.90. The Hall–Kier alpha value is -2.54. The molecule has 0 bridgehead atoms. The van der Waals surface area contributed by atoms with Crippen LogP contribution in [0.15, 0.2) is 36.8 Å². The van der Waals surface area contributed by atoms with Gasteiger partial charge in [-0.15, -0.1) is 0 Å². The molecule has 1 atom stereocenters. The zero-order chi connectivity index (χ0) is 17.2. The average molecular weight is 330 g/mol. The lowest BCUT2D eigenvalue weighted by Gasteiger charge is -2.35. The number of carbonyl (C=O) groups is 1. The summed E-state index contributed by atoms with van der Waals surface area (Å²) in [7, 11) is 1.42. The second-order valence-electron chi connectivity index (χ2n) is 5.77. The van der Waals surface area contributed by atoms with Crippen molar-refractivity contribution in [2.24, 2.45) is 5.73 Å². The van der Waals surface area contributed by atoms with Gasteiger partial charge in [0, 0.05) is 24.5 Å². The highest BCUT2D eigenvalue weighted by Crippen LogP contribution is 2.39. The molecular formula is C17H19FN4O2. The van der Waals surface area contributed by atoms with Gasteiger partial charge in [-0.25, -0.2) is 4.39 Å². The number of hydrogen-bond donors (Lipinski definition) is 1. The Morgan fingerprint density at radius 2 is 2.29 bits per heavy atom. The molecule has 1 saturated heterocycles. The molecule has 0 aliphatic carbocycles.